The summed E-state index contributed by atoms with van der Waals surface area (Å²) >= 11 is 6.87. The van der Waals surface area contributed by atoms with E-state index in [9.17, 15) is 0 Å². The molecule has 2 atom stereocenters. The minimum Gasteiger partial charge on any atom is -0.389 e. The second-order valence-corrected chi connectivity index (χ2v) is 6.28. The molecule has 0 radical (unpaired) electrons. The van der Waals surface area contributed by atoms with Gasteiger partial charge in [-0.1, -0.05) is 25.2 Å². The molecular weight excluding hydrogens is 288 g/mol. The standard InChI is InChI=1S/C15H22N2OS2/c1-3-12-10(7-8-18-12)9-17-11-5-4-6-13(20-2)14(11)15(16)19/h4-6,10,12,17H,3,7-9H2,1-2H3,(H2,16,19). The molecule has 0 aliphatic carbocycles. The van der Waals surface area contributed by atoms with Crippen molar-refractivity contribution in [3.05, 3.63) is 23.8 Å². The van der Waals surface area contributed by atoms with E-state index >= 15 is 0 Å². The van der Waals surface area contributed by atoms with Gasteiger partial charge in [-0.2, -0.15) is 0 Å². The second kappa shape index (κ2) is 7.29. The lowest BCUT2D eigenvalue weighted by Crippen LogP contribution is -2.24. The molecule has 1 aliphatic rings. The Hall–Kier alpha value is -0.780. The molecule has 5 heteroatoms. The van der Waals surface area contributed by atoms with Crippen LogP contribution in [-0.2, 0) is 4.74 Å². The molecule has 20 heavy (non-hydrogen) atoms. The highest BCUT2D eigenvalue weighted by atomic mass is 32.2. The van der Waals surface area contributed by atoms with Gasteiger partial charge in [-0.05, 0) is 31.2 Å². The molecule has 0 spiro atoms. The highest BCUT2D eigenvalue weighted by Crippen LogP contribution is 2.29. The molecule has 3 N–H and O–H groups in total. The molecular formula is C15H22N2OS2. The van der Waals surface area contributed by atoms with Crippen LogP contribution in [0.15, 0.2) is 23.1 Å². The first-order valence-electron chi connectivity index (χ1n) is 6.99. The zero-order chi connectivity index (χ0) is 14.5. The smallest absolute Gasteiger partial charge is 0.107 e. The van der Waals surface area contributed by atoms with Crippen LogP contribution in [0.4, 0.5) is 5.69 Å². The fraction of sp³-hybridized carbons (Fsp3) is 0.533. The summed E-state index contributed by atoms with van der Waals surface area (Å²) in [6.07, 6.45) is 4.61. The van der Waals surface area contributed by atoms with E-state index in [-0.39, 0.29) is 0 Å². The average molecular weight is 310 g/mol. The maximum atomic E-state index is 5.88. The molecule has 0 saturated carbocycles. The number of rotatable bonds is 6. The molecule has 1 fully saturated rings. The van der Waals surface area contributed by atoms with Gasteiger partial charge in [-0.3, -0.25) is 0 Å². The number of benzene rings is 1. The monoisotopic (exact) mass is 310 g/mol. The highest BCUT2D eigenvalue weighted by molar-refractivity contribution is 7.98. The Kier molecular flexibility index (Phi) is 5.69. The van der Waals surface area contributed by atoms with Gasteiger partial charge < -0.3 is 15.8 Å². The summed E-state index contributed by atoms with van der Waals surface area (Å²) in [5, 5.41) is 3.51. The van der Waals surface area contributed by atoms with Crippen LogP contribution < -0.4 is 11.1 Å². The fourth-order valence-electron chi connectivity index (χ4n) is 2.72. The van der Waals surface area contributed by atoms with E-state index in [0.717, 1.165) is 42.1 Å². The average Bonchev–Trinajstić information content (AvgIpc) is 2.91. The van der Waals surface area contributed by atoms with Gasteiger partial charge in [0.2, 0.25) is 0 Å². The minimum atomic E-state index is 0.375. The van der Waals surface area contributed by atoms with Gasteiger partial charge in [-0.15, -0.1) is 11.8 Å². The van der Waals surface area contributed by atoms with Crippen LogP contribution in [0.5, 0.6) is 0 Å². The molecule has 1 saturated heterocycles. The Morgan fingerprint density at radius 2 is 2.35 bits per heavy atom. The Bertz CT molecular complexity index is 479. The van der Waals surface area contributed by atoms with E-state index in [1.807, 2.05) is 18.4 Å². The van der Waals surface area contributed by atoms with Crippen molar-refractivity contribution in [1.82, 2.24) is 0 Å². The van der Waals surface area contributed by atoms with Crippen LogP contribution in [0.1, 0.15) is 25.3 Å². The van der Waals surface area contributed by atoms with Crippen LogP contribution in [0.3, 0.4) is 0 Å². The first kappa shape index (κ1) is 15.6. The highest BCUT2D eigenvalue weighted by Gasteiger charge is 2.26. The third-order valence-electron chi connectivity index (χ3n) is 3.80. The molecule has 2 rings (SSSR count). The number of ether oxygens (including phenoxy) is 1. The first-order chi connectivity index (χ1) is 9.67. The molecule has 1 aromatic carbocycles. The molecule has 3 nitrogen and oxygen atoms in total. The Morgan fingerprint density at radius 3 is 3.00 bits per heavy atom. The van der Waals surface area contributed by atoms with Crippen molar-refractivity contribution in [2.24, 2.45) is 11.7 Å². The number of thioether (sulfide) groups is 1. The molecule has 0 amide bonds. The Balaban J connectivity index is 2.11. The third-order valence-corrected chi connectivity index (χ3v) is 4.78. The lowest BCUT2D eigenvalue weighted by molar-refractivity contribution is 0.0900. The van der Waals surface area contributed by atoms with Crippen molar-refractivity contribution in [3.8, 4) is 0 Å². The SMILES string of the molecule is CCC1OCCC1CNc1cccc(SC)c1C(N)=S. The quantitative estimate of drug-likeness (QED) is 0.624. The molecule has 1 aliphatic heterocycles. The summed E-state index contributed by atoms with van der Waals surface area (Å²) < 4.78 is 5.73. The third kappa shape index (κ3) is 3.45. The molecule has 110 valence electrons. The number of nitrogens with two attached hydrogens (primary N) is 1. The van der Waals surface area contributed by atoms with Crippen LogP contribution in [-0.4, -0.2) is 30.5 Å². The molecule has 0 bridgehead atoms. The number of hydrogen-bond acceptors (Lipinski definition) is 4. The maximum absolute atomic E-state index is 5.88. The lowest BCUT2D eigenvalue weighted by atomic mass is 9.99. The molecule has 0 aromatic heterocycles. The van der Waals surface area contributed by atoms with Crippen molar-refractivity contribution >= 4 is 34.7 Å². The van der Waals surface area contributed by atoms with Gasteiger partial charge in [0.05, 0.1) is 6.10 Å². The molecule has 1 aromatic rings. The molecule has 1 heterocycles. The van der Waals surface area contributed by atoms with Gasteiger partial charge in [0, 0.05) is 35.2 Å². The number of nitrogens with one attached hydrogen (secondary N) is 1. The summed E-state index contributed by atoms with van der Waals surface area (Å²) in [5.41, 5.74) is 7.88. The number of anilines is 1. The zero-order valence-corrected chi connectivity index (χ0v) is 13.7. The van der Waals surface area contributed by atoms with Crippen molar-refractivity contribution in [2.45, 2.75) is 30.8 Å². The summed E-state index contributed by atoms with van der Waals surface area (Å²) in [6, 6.07) is 6.14. The van der Waals surface area contributed by atoms with Gasteiger partial charge in [0.15, 0.2) is 0 Å². The van der Waals surface area contributed by atoms with Crippen LogP contribution in [0.25, 0.3) is 0 Å². The van der Waals surface area contributed by atoms with E-state index in [1.165, 1.54) is 0 Å². The van der Waals surface area contributed by atoms with E-state index in [0.29, 0.717) is 17.0 Å². The zero-order valence-electron chi connectivity index (χ0n) is 12.0. The van der Waals surface area contributed by atoms with Crippen LogP contribution >= 0.6 is 24.0 Å². The predicted molar refractivity (Wildman–Crippen MR) is 90.7 cm³/mol. The van der Waals surface area contributed by atoms with Crippen LogP contribution in [0, 0.1) is 5.92 Å². The summed E-state index contributed by atoms with van der Waals surface area (Å²) in [6.45, 7) is 3.96. The minimum absolute atomic E-state index is 0.375. The Morgan fingerprint density at radius 1 is 1.55 bits per heavy atom. The van der Waals surface area contributed by atoms with Crippen LogP contribution in [0.2, 0.25) is 0 Å². The van der Waals surface area contributed by atoms with Crippen molar-refractivity contribution in [1.29, 1.82) is 0 Å². The van der Waals surface area contributed by atoms with E-state index in [1.54, 1.807) is 11.8 Å². The Labute approximate surface area is 130 Å². The van der Waals surface area contributed by atoms with Gasteiger partial charge in [0.25, 0.3) is 0 Å². The van der Waals surface area contributed by atoms with Crippen molar-refractivity contribution in [3.63, 3.8) is 0 Å². The maximum Gasteiger partial charge on any atom is 0.107 e. The summed E-state index contributed by atoms with van der Waals surface area (Å²) in [5.74, 6) is 0.567. The normalized spacial score (nSPS) is 21.9. The molecule has 2 unspecified atom stereocenters. The predicted octanol–water partition coefficient (Wildman–Crippen LogP) is 3.27. The van der Waals surface area contributed by atoms with Gasteiger partial charge in [0.1, 0.15) is 4.99 Å². The van der Waals surface area contributed by atoms with Gasteiger partial charge in [-0.25, -0.2) is 0 Å². The topological polar surface area (TPSA) is 47.3 Å². The first-order valence-corrected chi connectivity index (χ1v) is 8.63. The largest absolute Gasteiger partial charge is 0.389 e. The van der Waals surface area contributed by atoms with E-state index in [2.05, 4.69) is 18.3 Å². The van der Waals surface area contributed by atoms with Crippen molar-refractivity contribution in [2.75, 3.05) is 24.7 Å². The fourth-order valence-corrected chi connectivity index (χ4v) is 3.64. The number of thiocarbonyl (C=S) groups is 1. The van der Waals surface area contributed by atoms with E-state index < -0.39 is 0 Å². The van der Waals surface area contributed by atoms with Crippen molar-refractivity contribution < 1.29 is 4.74 Å². The van der Waals surface area contributed by atoms with E-state index in [4.69, 9.17) is 22.7 Å². The van der Waals surface area contributed by atoms with Gasteiger partial charge >= 0.3 is 0 Å². The lowest BCUT2D eigenvalue weighted by Gasteiger charge is -2.20. The number of hydrogen-bond donors (Lipinski definition) is 2. The summed E-state index contributed by atoms with van der Waals surface area (Å²) in [4.78, 5) is 1.57. The summed E-state index contributed by atoms with van der Waals surface area (Å²) in [7, 11) is 0. The second-order valence-electron chi connectivity index (χ2n) is 4.99.